The van der Waals surface area contributed by atoms with Crippen LogP contribution in [0, 0.1) is 0 Å². The van der Waals surface area contributed by atoms with Crippen LogP contribution < -0.4 is 0 Å². The highest BCUT2D eigenvalue weighted by molar-refractivity contribution is 5.56. The molecule has 4 heteroatoms. The Labute approximate surface area is 45.8 Å². The summed E-state index contributed by atoms with van der Waals surface area (Å²) in [6, 6.07) is 0. The molecule has 0 atom stereocenters. The van der Waals surface area contributed by atoms with Crippen LogP contribution in [0.2, 0.25) is 0 Å². The van der Waals surface area contributed by atoms with Crippen LogP contribution >= 0.6 is 0 Å². The Morgan fingerprint density at radius 1 is 1.62 bits per heavy atom. The second kappa shape index (κ2) is 2.07. The van der Waals surface area contributed by atoms with Gasteiger partial charge < -0.3 is 4.90 Å². The first-order valence-electron chi connectivity index (χ1n) is 2.34. The van der Waals surface area contributed by atoms with Crippen molar-refractivity contribution in [2.45, 2.75) is 6.55 Å². The van der Waals surface area contributed by atoms with E-state index in [1.165, 1.54) is 6.34 Å². The Balaban J connectivity index is 2.36. The number of aliphatic imine (C=N–C) groups is 1. The second-order valence-electron chi connectivity index (χ2n) is 1.54. The first-order chi connectivity index (χ1) is 3.80. The fraction of sp³-hybridized carbons (Fsp3) is 0.750. The lowest BCUT2D eigenvalue weighted by Gasteiger charge is -2.09. The lowest BCUT2D eigenvalue weighted by atomic mass is 10.6. The van der Waals surface area contributed by atoms with E-state index in [2.05, 4.69) is 4.99 Å². The monoisotopic (exact) mass is 120 g/mol. The zero-order valence-corrected chi connectivity index (χ0v) is 4.22. The number of nitrogens with zero attached hydrogens (tertiary/aromatic N) is 2. The highest BCUT2D eigenvalue weighted by atomic mass is 19.3. The molecular formula is C4H6F2N2. The third kappa shape index (κ3) is 0.936. The van der Waals surface area contributed by atoms with Crippen molar-refractivity contribution in [2.24, 2.45) is 4.99 Å². The largest absolute Gasteiger partial charge is 0.316 e. The third-order valence-electron chi connectivity index (χ3n) is 0.968. The minimum Gasteiger partial charge on any atom is -0.305 e. The van der Waals surface area contributed by atoms with Gasteiger partial charge in [-0.1, -0.05) is 0 Å². The maximum atomic E-state index is 11.6. The van der Waals surface area contributed by atoms with E-state index < -0.39 is 6.55 Å². The van der Waals surface area contributed by atoms with Gasteiger partial charge in [0.1, 0.15) is 0 Å². The van der Waals surface area contributed by atoms with Crippen molar-refractivity contribution in [3.8, 4) is 0 Å². The molecule has 8 heavy (non-hydrogen) atoms. The number of hydrogen-bond donors (Lipinski definition) is 0. The van der Waals surface area contributed by atoms with Gasteiger partial charge in [-0.2, -0.15) is 8.78 Å². The highest BCUT2D eigenvalue weighted by Gasteiger charge is 2.14. The number of alkyl halides is 2. The molecule has 0 radical (unpaired) electrons. The van der Waals surface area contributed by atoms with Gasteiger partial charge in [0.05, 0.1) is 12.9 Å². The first-order valence-corrected chi connectivity index (χ1v) is 2.34. The van der Waals surface area contributed by atoms with Crippen molar-refractivity contribution < 1.29 is 8.78 Å². The van der Waals surface area contributed by atoms with Crippen LogP contribution in [0.1, 0.15) is 0 Å². The van der Waals surface area contributed by atoms with E-state index >= 15 is 0 Å². The summed E-state index contributed by atoms with van der Waals surface area (Å²) in [5.74, 6) is 0. The van der Waals surface area contributed by atoms with Crippen LogP contribution in [-0.4, -0.2) is 30.9 Å². The summed E-state index contributed by atoms with van der Waals surface area (Å²) in [5, 5.41) is 0. The highest BCUT2D eigenvalue weighted by Crippen LogP contribution is 2.02. The Bertz CT molecular complexity index is 102. The van der Waals surface area contributed by atoms with E-state index in [9.17, 15) is 8.78 Å². The molecular weight excluding hydrogens is 114 g/mol. The fourth-order valence-electron chi connectivity index (χ4n) is 0.542. The summed E-state index contributed by atoms with van der Waals surface area (Å²) in [6.07, 6.45) is 1.19. The quantitative estimate of drug-likeness (QED) is 0.461. The molecule has 0 amide bonds. The van der Waals surface area contributed by atoms with Gasteiger partial charge in [0.15, 0.2) is 0 Å². The number of halogens is 2. The number of rotatable bonds is 1. The molecule has 0 saturated heterocycles. The Kier molecular flexibility index (Phi) is 1.41. The van der Waals surface area contributed by atoms with E-state index in [-0.39, 0.29) is 0 Å². The molecule has 1 rings (SSSR count). The van der Waals surface area contributed by atoms with E-state index in [0.29, 0.717) is 13.1 Å². The third-order valence-corrected chi connectivity index (χ3v) is 0.968. The normalized spacial score (nSPS) is 18.6. The molecule has 0 aromatic rings. The van der Waals surface area contributed by atoms with Gasteiger partial charge in [-0.05, 0) is 0 Å². The van der Waals surface area contributed by atoms with Crippen LogP contribution in [0.3, 0.4) is 0 Å². The van der Waals surface area contributed by atoms with Gasteiger partial charge in [-0.15, -0.1) is 0 Å². The van der Waals surface area contributed by atoms with Crippen molar-refractivity contribution in [3.63, 3.8) is 0 Å². The average molecular weight is 120 g/mol. The van der Waals surface area contributed by atoms with Crippen molar-refractivity contribution in [1.29, 1.82) is 0 Å². The summed E-state index contributed by atoms with van der Waals surface area (Å²) < 4.78 is 23.1. The summed E-state index contributed by atoms with van der Waals surface area (Å²) >= 11 is 0. The van der Waals surface area contributed by atoms with Gasteiger partial charge in [-0.25, -0.2) is 0 Å². The molecule has 1 heterocycles. The molecule has 1 aliphatic rings. The molecule has 0 aromatic heterocycles. The van der Waals surface area contributed by atoms with E-state index in [1.807, 2.05) is 0 Å². The van der Waals surface area contributed by atoms with Crippen LogP contribution in [0.25, 0.3) is 0 Å². The molecule has 2 nitrogen and oxygen atoms in total. The SMILES string of the molecule is FC(F)N1C=NCC1. The summed E-state index contributed by atoms with van der Waals surface area (Å²) in [7, 11) is 0. The minimum absolute atomic E-state index is 0.359. The molecule has 46 valence electrons. The number of hydrogen-bond acceptors (Lipinski definition) is 2. The van der Waals surface area contributed by atoms with Crippen LogP contribution in [0.15, 0.2) is 4.99 Å². The minimum atomic E-state index is -2.37. The Morgan fingerprint density at radius 2 is 2.38 bits per heavy atom. The summed E-state index contributed by atoms with van der Waals surface area (Å²) in [5.41, 5.74) is 0. The van der Waals surface area contributed by atoms with E-state index in [0.717, 1.165) is 4.90 Å². The van der Waals surface area contributed by atoms with Crippen LogP contribution in [0.4, 0.5) is 8.78 Å². The van der Waals surface area contributed by atoms with Gasteiger partial charge in [0.25, 0.3) is 0 Å². The van der Waals surface area contributed by atoms with Crippen molar-refractivity contribution in [1.82, 2.24) is 4.90 Å². The molecule has 0 bridgehead atoms. The Morgan fingerprint density at radius 3 is 2.62 bits per heavy atom. The van der Waals surface area contributed by atoms with Crippen LogP contribution in [0.5, 0.6) is 0 Å². The zero-order chi connectivity index (χ0) is 5.98. The van der Waals surface area contributed by atoms with Crippen molar-refractivity contribution in [3.05, 3.63) is 0 Å². The van der Waals surface area contributed by atoms with Crippen LogP contribution in [-0.2, 0) is 0 Å². The molecule has 0 aromatic carbocycles. The maximum Gasteiger partial charge on any atom is 0.316 e. The average Bonchev–Trinajstić information content (AvgIpc) is 2.12. The van der Waals surface area contributed by atoms with Gasteiger partial charge in [0, 0.05) is 6.54 Å². The molecule has 0 N–H and O–H groups in total. The molecule has 1 aliphatic heterocycles. The smallest absolute Gasteiger partial charge is 0.305 e. The standard InChI is InChI=1S/C4H6F2N2/c5-4(6)8-2-1-7-3-8/h3-4H,1-2H2. The Hall–Kier alpha value is -0.670. The fourth-order valence-corrected chi connectivity index (χ4v) is 0.542. The van der Waals surface area contributed by atoms with E-state index in [4.69, 9.17) is 0 Å². The lowest BCUT2D eigenvalue weighted by molar-refractivity contribution is 0.0314. The molecule has 0 aliphatic carbocycles. The predicted octanol–water partition coefficient (Wildman–Crippen LogP) is 0.553. The van der Waals surface area contributed by atoms with Crippen molar-refractivity contribution >= 4 is 6.34 Å². The predicted molar refractivity (Wildman–Crippen MR) is 26.1 cm³/mol. The lowest BCUT2D eigenvalue weighted by Crippen LogP contribution is -2.25. The molecule has 0 saturated carbocycles. The van der Waals surface area contributed by atoms with Gasteiger partial charge in [0.2, 0.25) is 0 Å². The molecule has 0 fully saturated rings. The van der Waals surface area contributed by atoms with Gasteiger partial charge >= 0.3 is 6.55 Å². The summed E-state index contributed by atoms with van der Waals surface area (Å²) in [4.78, 5) is 4.51. The first kappa shape index (κ1) is 5.47. The maximum absolute atomic E-state index is 11.6. The van der Waals surface area contributed by atoms with Crippen molar-refractivity contribution in [2.75, 3.05) is 13.1 Å². The summed E-state index contributed by atoms with van der Waals surface area (Å²) in [6.45, 7) is -1.51. The zero-order valence-electron chi connectivity index (χ0n) is 4.22. The molecule has 0 unspecified atom stereocenters. The molecule has 0 spiro atoms. The topological polar surface area (TPSA) is 15.6 Å². The van der Waals surface area contributed by atoms with Gasteiger partial charge in [-0.3, -0.25) is 4.99 Å². The van der Waals surface area contributed by atoms with E-state index in [1.54, 1.807) is 0 Å². The second-order valence-corrected chi connectivity index (χ2v) is 1.54.